The lowest BCUT2D eigenvalue weighted by Gasteiger charge is -2.36. The van der Waals surface area contributed by atoms with Crippen molar-refractivity contribution in [1.29, 1.82) is 0 Å². The lowest BCUT2D eigenvalue weighted by Crippen LogP contribution is -2.50. The van der Waals surface area contributed by atoms with Crippen LogP contribution in [0.1, 0.15) is 98.3 Å². The number of benzene rings is 7. The number of nitrogens with two attached hydrogens (primary N) is 3. The summed E-state index contributed by atoms with van der Waals surface area (Å²) < 4.78 is 15.8. The van der Waals surface area contributed by atoms with E-state index in [9.17, 15) is 44.2 Å². The summed E-state index contributed by atoms with van der Waals surface area (Å²) in [4.78, 5) is 105. The molecule has 0 radical (unpaired) electrons. The Balaban J connectivity index is 0.000000148. The maximum absolute atomic E-state index is 13.2. The Morgan fingerprint density at radius 3 is 1.24 bits per heavy atom. The van der Waals surface area contributed by atoms with Gasteiger partial charge in [0.2, 0.25) is 0 Å². The highest BCUT2D eigenvalue weighted by Crippen LogP contribution is 2.43. The van der Waals surface area contributed by atoms with Crippen molar-refractivity contribution in [2.24, 2.45) is 0 Å². The van der Waals surface area contributed by atoms with Gasteiger partial charge in [-0.15, -0.1) is 34.0 Å². The van der Waals surface area contributed by atoms with E-state index >= 15 is 0 Å². The largest absolute Gasteiger partial charge is 0.444 e. The number of nitro groups is 2. The molecule has 0 spiro atoms. The monoisotopic (exact) mass is 1790 g/mol. The van der Waals surface area contributed by atoms with Crippen LogP contribution >= 0.6 is 56.7 Å². The fourth-order valence-electron chi connectivity index (χ4n) is 13.3. The first-order valence-corrected chi connectivity index (χ1v) is 44.7. The standard InChI is InChI=1S/C31H33N3O3S.C25H24N4OS.C15H16N2O4S.C15H18N2O2S.C10H8N2O2S/c1-21-16-29(22-8-6-5-7-9-22)38-28(21)19-27(35)24-17-23-10-11-25(18-26(23)32-20-24)33-12-14-34(15-13-33)30(36)37-31(2,3)4;26-21-14-24(17-4-2-1-3-5-17)31-25(21)15-23(30)19-12-18-6-7-20(13-22(18)28-16-19)29-10-8-27-9-11-29;1-15(2,3)21-14(18)16-11-9-12(22-13(11)17(19)20)10-7-5-4-6-8-10;1-15(2,3)19-14(18)17-11-9-12(20-13(11)16)10-7-5-4-6-8-10;11-8-6-9(15-10(8)12(13)14)7-4-2-1-3-5-7/h5-11,16-18,20H,12-15,19H2,1-4H3;1-7,12-14,16,27H,8-11,15,26H2;4-9H,1-3H3,(H,16,18);4-9H,16H2,1-3H3,(H,17,18);1-6H,11H2. The van der Waals surface area contributed by atoms with Crippen molar-refractivity contribution in [3.05, 3.63) is 290 Å². The summed E-state index contributed by atoms with van der Waals surface area (Å²) in [5.74, 6) is 0.111. The zero-order chi connectivity index (χ0) is 90.0. The molecule has 650 valence electrons. The van der Waals surface area contributed by atoms with Crippen LogP contribution in [-0.4, -0.2) is 124 Å². The van der Waals surface area contributed by atoms with Gasteiger partial charge in [0, 0.05) is 151 Å². The van der Waals surface area contributed by atoms with E-state index in [4.69, 9.17) is 31.4 Å². The molecule has 25 nitrogen and oxygen atoms in total. The number of nitrogen functional groups attached to an aromatic ring is 3. The Bertz CT molecular complexity index is 6150. The van der Waals surface area contributed by atoms with Gasteiger partial charge in [0.25, 0.3) is 0 Å². The molecule has 9 N–H and O–H groups in total. The highest BCUT2D eigenvalue weighted by Gasteiger charge is 2.29. The number of carbonyl (C=O) groups excluding carboxylic acids is 5. The van der Waals surface area contributed by atoms with Crippen LogP contribution in [0.3, 0.4) is 0 Å². The number of hydrogen-bond donors (Lipinski definition) is 6. The predicted molar refractivity (Wildman–Crippen MR) is 514 cm³/mol. The number of piperazine rings is 2. The number of hydrogen-bond acceptors (Lipinski definition) is 25. The van der Waals surface area contributed by atoms with E-state index in [0.717, 1.165) is 142 Å². The van der Waals surface area contributed by atoms with Crippen molar-refractivity contribution in [3.8, 4) is 52.2 Å². The zero-order valence-electron chi connectivity index (χ0n) is 71.5. The molecular weight excluding hydrogens is 1690 g/mol. The number of thiophene rings is 5. The Morgan fingerprint density at radius 1 is 0.429 bits per heavy atom. The molecule has 0 aliphatic carbocycles. The molecule has 14 aromatic rings. The van der Waals surface area contributed by atoms with Crippen LogP contribution in [0.2, 0.25) is 0 Å². The predicted octanol–water partition coefficient (Wildman–Crippen LogP) is 23.1. The molecule has 2 saturated heterocycles. The summed E-state index contributed by atoms with van der Waals surface area (Å²) in [5, 5.41) is 32.6. The van der Waals surface area contributed by atoms with Crippen molar-refractivity contribution >= 4 is 157 Å². The average Bonchev–Trinajstić information content (AvgIpc) is 1.79. The van der Waals surface area contributed by atoms with Crippen molar-refractivity contribution in [1.82, 2.24) is 20.2 Å². The van der Waals surface area contributed by atoms with Crippen LogP contribution < -0.4 is 43.0 Å². The molecule has 2 aliphatic heterocycles. The van der Waals surface area contributed by atoms with Crippen LogP contribution in [-0.2, 0) is 27.1 Å². The fourth-order valence-corrected chi connectivity index (χ4v) is 18.3. The summed E-state index contributed by atoms with van der Waals surface area (Å²) in [7, 11) is 0. The number of fused-ring (bicyclic) bond motifs is 2. The minimum Gasteiger partial charge on any atom is -0.444 e. The van der Waals surface area contributed by atoms with E-state index in [1.807, 2.05) is 199 Å². The van der Waals surface area contributed by atoms with Crippen LogP contribution in [0.5, 0.6) is 0 Å². The number of ketones is 2. The highest BCUT2D eigenvalue weighted by molar-refractivity contribution is 7.20. The van der Waals surface area contributed by atoms with Gasteiger partial charge in [0.05, 0.1) is 26.6 Å². The van der Waals surface area contributed by atoms with Gasteiger partial charge >= 0.3 is 28.3 Å². The van der Waals surface area contributed by atoms with Gasteiger partial charge in [-0.3, -0.25) is 50.4 Å². The van der Waals surface area contributed by atoms with Crippen LogP contribution in [0.25, 0.3) is 74.0 Å². The molecule has 0 saturated carbocycles. The number of Topliss-reactive ketones (excluding diaryl/α,β-unsaturated/α-hetero) is 2. The van der Waals surface area contributed by atoms with Crippen molar-refractivity contribution < 1.29 is 48.0 Å². The number of pyridine rings is 2. The topological polar surface area (TPSA) is 349 Å². The first-order chi connectivity index (χ1) is 60.1. The SMILES string of the molecule is CC(C)(C)OC(=O)Nc1cc(-c2ccccc2)sc1N.CC(C)(C)OC(=O)Nc1cc(-c2ccccc2)sc1[N+](=O)[O-].Cc1cc(-c2ccccc2)sc1CC(=O)c1cnc2cc(N3CCN(C(=O)OC(C)(C)C)CC3)ccc2c1.Nc1cc(-c2ccccc2)sc1CC(=O)c1cnc2cc(N3CCNCC3)ccc2c1.Nc1cc(-c2ccccc2)sc1[N+](=O)[O-]. The fraction of sp³-hybridized carbons (Fsp3) is 0.240. The highest BCUT2D eigenvalue weighted by atomic mass is 32.1. The van der Waals surface area contributed by atoms with E-state index in [-0.39, 0.29) is 45.5 Å². The molecule has 0 unspecified atom stereocenters. The minimum absolute atomic E-state index is 0.00820. The molecule has 126 heavy (non-hydrogen) atoms. The van der Waals surface area contributed by atoms with Gasteiger partial charge < -0.3 is 51.4 Å². The summed E-state index contributed by atoms with van der Waals surface area (Å²) in [5.41, 5.74) is 29.2. The Kier molecular flexibility index (Phi) is 30.3. The molecule has 7 aromatic heterocycles. The molecule has 9 heterocycles. The molecule has 16 rings (SSSR count). The molecule has 0 atom stereocenters. The van der Waals surface area contributed by atoms with E-state index in [1.165, 1.54) is 27.5 Å². The molecule has 3 amide bonds. The van der Waals surface area contributed by atoms with Crippen molar-refractivity contribution in [2.45, 2.75) is 98.9 Å². The third-order valence-corrected chi connectivity index (χ3v) is 25.2. The van der Waals surface area contributed by atoms with E-state index in [1.54, 1.807) is 72.9 Å². The summed E-state index contributed by atoms with van der Waals surface area (Å²) in [6, 6.07) is 74.5. The van der Waals surface area contributed by atoms with Gasteiger partial charge in [0.15, 0.2) is 11.6 Å². The third kappa shape index (κ3) is 25.7. The van der Waals surface area contributed by atoms with E-state index in [2.05, 4.69) is 103 Å². The number of anilines is 7. The van der Waals surface area contributed by atoms with Gasteiger partial charge in [-0.25, -0.2) is 14.4 Å². The second-order valence-electron chi connectivity index (χ2n) is 32.5. The first-order valence-electron chi connectivity index (χ1n) is 40.6. The number of ether oxygens (including phenoxy) is 3. The molecule has 7 aromatic carbocycles. The molecular formula is C96H99N13O12S5. The normalized spacial score (nSPS) is 12.6. The number of amides is 3. The number of aromatic nitrogens is 2. The second kappa shape index (κ2) is 41.5. The summed E-state index contributed by atoms with van der Waals surface area (Å²) in [6.07, 6.45) is 2.56. The smallest absolute Gasteiger partial charge is 0.412 e. The van der Waals surface area contributed by atoms with E-state index in [0.29, 0.717) is 51.9 Å². The minimum atomic E-state index is -0.715. The molecule has 2 aliphatic rings. The van der Waals surface area contributed by atoms with Crippen LogP contribution in [0, 0.1) is 27.2 Å². The number of rotatable bonds is 17. The van der Waals surface area contributed by atoms with Gasteiger partial charge in [-0.05, 0) is 169 Å². The van der Waals surface area contributed by atoms with Gasteiger partial charge in [-0.1, -0.05) is 186 Å². The lowest BCUT2D eigenvalue weighted by molar-refractivity contribution is -0.379. The number of aryl methyl sites for hydroxylation is 1. The van der Waals surface area contributed by atoms with Gasteiger partial charge in [-0.2, -0.15) is 0 Å². The molecule has 2 fully saturated rings. The zero-order valence-corrected chi connectivity index (χ0v) is 75.6. The molecule has 0 bridgehead atoms. The van der Waals surface area contributed by atoms with Crippen LogP contribution in [0.15, 0.2) is 243 Å². The number of nitrogens with zero attached hydrogens (tertiary/aromatic N) is 7. The van der Waals surface area contributed by atoms with Crippen LogP contribution in [0.4, 0.5) is 63.5 Å². The lowest BCUT2D eigenvalue weighted by atomic mass is 10.0. The maximum atomic E-state index is 13.2. The number of carbonyl (C=O) groups is 5. The first kappa shape index (κ1) is 92.0. The quantitative estimate of drug-likeness (QED) is 0.0213. The maximum Gasteiger partial charge on any atom is 0.412 e. The van der Waals surface area contributed by atoms with Gasteiger partial charge in [0.1, 0.15) is 33.2 Å². The second-order valence-corrected chi connectivity index (χ2v) is 37.9. The Hall–Kier alpha value is -13.2. The average molecular weight is 1790 g/mol. The summed E-state index contributed by atoms with van der Waals surface area (Å²) in [6.45, 7) is 25.0. The molecule has 30 heteroatoms. The van der Waals surface area contributed by atoms with E-state index < -0.39 is 38.8 Å². The Morgan fingerprint density at radius 2 is 0.802 bits per heavy atom. The van der Waals surface area contributed by atoms with Crippen molar-refractivity contribution in [2.75, 3.05) is 90.0 Å². The summed E-state index contributed by atoms with van der Waals surface area (Å²) >= 11 is 6.81. The third-order valence-electron chi connectivity index (χ3n) is 19.4. The Labute approximate surface area is 751 Å². The van der Waals surface area contributed by atoms with Crippen molar-refractivity contribution in [3.63, 3.8) is 0 Å². The number of nitrogens with one attached hydrogen (secondary N) is 3.